The van der Waals surface area contributed by atoms with Crippen molar-refractivity contribution in [1.29, 1.82) is 0 Å². The molecule has 2 aliphatic heterocycles. The van der Waals surface area contributed by atoms with Crippen molar-refractivity contribution in [1.82, 2.24) is 9.96 Å². The molecule has 1 aromatic rings. The van der Waals surface area contributed by atoms with Crippen molar-refractivity contribution < 1.29 is 19.5 Å². The molecule has 2 saturated heterocycles. The van der Waals surface area contributed by atoms with E-state index >= 15 is 0 Å². The number of carbonyl (C=O) groups excluding carboxylic acids is 1. The predicted octanol–water partition coefficient (Wildman–Crippen LogP) is 2.64. The van der Waals surface area contributed by atoms with Crippen LogP contribution in [-0.4, -0.2) is 73.6 Å². The number of carbonyl (C=O) groups is 1. The van der Waals surface area contributed by atoms with Crippen LogP contribution < -0.4 is 9.64 Å². The first-order valence-corrected chi connectivity index (χ1v) is 11.3. The summed E-state index contributed by atoms with van der Waals surface area (Å²) < 4.78 is 5.49. The lowest BCUT2D eigenvalue weighted by Crippen LogP contribution is -2.50. The SMILES string of the molecule is COc1ccccc1N1CCN(CCCON2C(=O)CC3(CCCC3)CC2O)CC1. The zero-order chi connectivity index (χ0) is 21.0. The third kappa shape index (κ3) is 4.74. The van der Waals surface area contributed by atoms with E-state index in [1.54, 1.807) is 7.11 Å². The van der Waals surface area contributed by atoms with Gasteiger partial charge in [-0.2, -0.15) is 5.06 Å². The Morgan fingerprint density at radius 2 is 1.87 bits per heavy atom. The summed E-state index contributed by atoms with van der Waals surface area (Å²) >= 11 is 0. The third-order valence-electron chi connectivity index (χ3n) is 6.97. The number of hydrogen-bond donors (Lipinski definition) is 1. The Kier molecular flexibility index (Phi) is 6.80. The number of rotatable bonds is 7. The summed E-state index contributed by atoms with van der Waals surface area (Å²) in [6.07, 6.45) is 5.69. The third-order valence-corrected chi connectivity index (χ3v) is 6.97. The number of piperidine rings is 1. The molecule has 166 valence electrons. The second-order valence-electron chi connectivity index (χ2n) is 8.98. The molecule has 3 aliphatic rings. The number of aliphatic hydroxyl groups is 1. The summed E-state index contributed by atoms with van der Waals surface area (Å²) in [6, 6.07) is 8.16. The molecule has 1 N–H and O–H groups in total. The molecule has 1 amide bonds. The van der Waals surface area contributed by atoms with Gasteiger partial charge in [-0.05, 0) is 36.8 Å². The highest BCUT2D eigenvalue weighted by Crippen LogP contribution is 2.48. The summed E-state index contributed by atoms with van der Waals surface area (Å²) in [4.78, 5) is 23.0. The molecule has 2 heterocycles. The second kappa shape index (κ2) is 9.54. The van der Waals surface area contributed by atoms with E-state index in [0.717, 1.165) is 63.4 Å². The van der Waals surface area contributed by atoms with Gasteiger partial charge in [-0.1, -0.05) is 25.0 Å². The summed E-state index contributed by atoms with van der Waals surface area (Å²) in [5.74, 6) is 0.865. The maximum Gasteiger partial charge on any atom is 0.249 e. The highest BCUT2D eigenvalue weighted by molar-refractivity contribution is 5.77. The van der Waals surface area contributed by atoms with Crippen LogP contribution in [-0.2, 0) is 9.63 Å². The number of para-hydroxylation sites is 2. The van der Waals surface area contributed by atoms with E-state index in [9.17, 15) is 9.90 Å². The molecule has 1 atom stereocenters. The molecule has 0 radical (unpaired) electrons. The summed E-state index contributed by atoms with van der Waals surface area (Å²) in [5.41, 5.74) is 1.18. The van der Waals surface area contributed by atoms with Crippen molar-refractivity contribution in [2.24, 2.45) is 5.41 Å². The minimum absolute atomic E-state index is 0.0253. The van der Waals surface area contributed by atoms with Crippen molar-refractivity contribution >= 4 is 11.6 Å². The number of nitrogens with zero attached hydrogens (tertiary/aromatic N) is 3. The maximum absolute atomic E-state index is 12.5. The van der Waals surface area contributed by atoms with E-state index in [4.69, 9.17) is 9.57 Å². The summed E-state index contributed by atoms with van der Waals surface area (Å²) in [6.45, 7) is 5.31. The number of piperazine rings is 1. The number of hydrogen-bond acceptors (Lipinski definition) is 6. The molecular weight excluding hydrogens is 382 g/mol. The lowest BCUT2D eigenvalue weighted by atomic mass is 9.76. The molecular formula is C23H35N3O4. The van der Waals surface area contributed by atoms with Crippen LogP contribution in [0.1, 0.15) is 44.9 Å². The first kappa shape index (κ1) is 21.4. The van der Waals surface area contributed by atoms with Crippen molar-refractivity contribution in [2.75, 3.05) is 51.3 Å². The molecule has 7 heteroatoms. The maximum atomic E-state index is 12.5. The van der Waals surface area contributed by atoms with Crippen molar-refractivity contribution in [2.45, 2.75) is 51.2 Å². The standard InChI is InChI=1S/C23H35N3O4/c1-29-20-8-3-2-7-19(20)25-14-12-24(13-15-25)11-6-16-30-26-21(27)17-23(18-22(26)28)9-4-5-10-23/h2-3,7-8,21,27H,4-6,9-18H2,1H3. The number of anilines is 1. The van der Waals surface area contributed by atoms with E-state index in [1.165, 1.54) is 17.9 Å². The molecule has 1 unspecified atom stereocenters. The normalized spacial score (nSPS) is 24.6. The molecule has 4 rings (SSSR count). The van der Waals surface area contributed by atoms with Crippen LogP contribution in [0.3, 0.4) is 0 Å². The smallest absolute Gasteiger partial charge is 0.249 e. The Hall–Kier alpha value is -1.83. The first-order chi connectivity index (χ1) is 14.6. The van der Waals surface area contributed by atoms with Gasteiger partial charge in [0.1, 0.15) is 5.75 Å². The topological polar surface area (TPSA) is 65.5 Å². The van der Waals surface area contributed by atoms with E-state index in [1.807, 2.05) is 18.2 Å². The zero-order valence-corrected chi connectivity index (χ0v) is 18.1. The monoisotopic (exact) mass is 417 g/mol. The molecule has 30 heavy (non-hydrogen) atoms. The van der Waals surface area contributed by atoms with Crippen LogP contribution in [0.4, 0.5) is 5.69 Å². The Morgan fingerprint density at radius 3 is 2.57 bits per heavy atom. The van der Waals surface area contributed by atoms with E-state index in [-0.39, 0.29) is 11.3 Å². The average molecular weight is 418 g/mol. The summed E-state index contributed by atoms with van der Waals surface area (Å²) in [5, 5.41) is 11.7. The molecule has 0 aromatic heterocycles. The predicted molar refractivity (Wildman–Crippen MR) is 115 cm³/mol. The minimum Gasteiger partial charge on any atom is -0.495 e. The van der Waals surface area contributed by atoms with Gasteiger partial charge in [-0.15, -0.1) is 0 Å². The number of amides is 1. The van der Waals surface area contributed by atoms with E-state index < -0.39 is 6.23 Å². The fraction of sp³-hybridized carbons (Fsp3) is 0.696. The molecule has 1 saturated carbocycles. The van der Waals surface area contributed by atoms with Crippen LogP contribution in [0.25, 0.3) is 0 Å². The lowest BCUT2D eigenvalue weighted by molar-refractivity contribution is -0.253. The lowest BCUT2D eigenvalue weighted by Gasteiger charge is -2.41. The van der Waals surface area contributed by atoms with Gasteiger partial charge < -0.3 is 14.7 Å². The number of hydroxylamine groups is 2. The van der Waals surface area contributed by atoms with Gasteiger partial charge in [0.25, 0.3) is 0 Å². The molecule has 1 aromatic carbocycles. The van der Waals surface area contributed by atoms with Gasteiger partial charge in [0.15, 0.2) is 6.23 Å². The van der Waals surface area contributed by atoms with Gasteiger partial charge in [-0.25, -0.2) is 0 Å². The van der Waals surface area contributed by atoms with Crippen LogP contribution >= 0.6 is 0 Å². The Labute approximate surface area is 179 Å². The van der Waals surface area contributed by atoms with Gasteiger partial charge >= 0.3 is 0 Å². The van der Waals surface area contributed by atoms with E-state index in [0.29, 0.717) is 19.4 Å². The number of methoxy groups -OCH3 is 1. The minimum atomic E-state index is -0.797. The van der Waals surface area contributed by atoms with Gasteiger partial charge in [0.2, 0.25) is 5.91 Å². The van der Waals surface area contributed by atoms with Gasteiger partial charge in [-0.3, -0.25) is 14.5 Å². The Balaban J connectivity index is 1.17. The van der Waals surface area contributed by atoms with Crippen molar-refractivity contribution in [3.63, 3.8) is 0 Å². The molecule has 1 aliphatic carbocycles. The Bertz CT molecular complexity index is 714. The number of benzene rings is 1. The largest absolute Gasteiger partial charge is 0.495 e. The fourth-order valence-corrected chi connectivity index (χ4v) is 5.33. The summed E-state index contributed by atoms with van der Waals surface area (Å²) in [7, 11) is 1.71. The van der Waals surface area contributed by atoms with Crippen molar-refractivity contribution in [3.05, 3.63) is 24.3 Å². The van der Waals surface area contributed by atoms with Crippen LogP contribution in [0.15, 0.2) is 24.3 Å². The quantitative estimate of drug-likeness (QED) is 0.688. The van der Waals surface area contributed by atoms with Crippen LogP contribution in [0, 0.1) is 5.41 Å². The highest BCUT2D eigenvalue weighted by Gasteiger charge is 2.45. The van der Waals surface area contributed by atoms with Crippen molar-refractivity contribution in [3.8, 4) is 5.75 Å². The van der Waals surface area contributed by atoms with E-state index in [2.05, 4.69) is 15.9 Å². The van der Waals surface area contributed by atoms with Gasteiger partial charge in [0.05, 0.1) is 19.4 Å². The number of ether oxygens (including phenoxy) is 1. The molecule has 7 nitrogen and oxygen atoms in total. The van der Waals surface area contributed by atoms with Crippen LogP contribution in [0.2, 0.25) is 0 Å². The zero-order valence-electron chi connectivity index (χ0n) is 18.1. The van der Waals surface area contributed by atoms with Gasteiger partial charge in [0, 0.05) is 45.6 Å². The highest BCUT2D eigenvalue weighted by atomic mass is 16.7. The average Bonchev–Trinajstić information content (AvgIpc) is 3.20. The van der Waals surface area contributed by atoms with Crippen LogP contribution in [0.5, 0.6) is 5.75 Å². The first-order valence-electron chi connectivity index (χ1n) is 11.3. The number of aliphatic hydroxyl groups excluding tert-OH is 1. The molecule has 0 bridgehead atoms. The molecule has 3 fully saturated rings. The Morgan fingerprint density at radius 1 is 1.13 bits per heavy atom. The molecule has 1 spiro atoms. The fourth-order valence-electron chi connectivity index (χ4n) is 5.33. The second-order valence-corrected chi connectivity index (χ2v) is 8.98.